The Morgan fingerprint density at radius 3 is 2.46 bits per heavy atom. The van der Waals surface area contributed by atoms with Gasteiger partial charge >= 0.3 is 0 Å². The molecule has 1 heterocycles. The molecule has 0 spiro atoms. The summed E-state index contributed by atoms with van der Waals surface area (Å²) in [5, 5.41) is 15.0. The molecule has 0 aliphatic heterocycles. The molecule has 4 aromatic rings. The zero-order chi connectivity index (χ0) is 24.8. The van der Waals surface area contributed by atoms with E-state index in [1.165, 1.54) is 34.0 Å². The number of aromatic nitrogens is 4. The van der Waals surface area contributed by atoms with Crippen molar-refractivity contribution in [3.05, 3.63) is 95.3 Å². The highest BCUT2D eigenvalue weighted by Crippen LogP contribution is 2.22. The molecule has 2 amide bonds. The van der Waals surface area contributed by atoms with Gasteiger partial charge in [-0.05, 0) is 60.5 Å². The van der Waals surface area contributed by atoms with Crippen molar-refractivity contribution >= 4 is 17.5 Å². The molecule has 1 aromatic heterocycles. The predicted molar refractivity (Wildman–Crippen MR) is 130 cm³/mol. The highest BCUT2D eigenvalue weighted by molar-refractivity contribution is 5.99. The third kappa shape index (κ3) is 6.14. The minimum atomic E-state index is -0.369. The molecule has 8 nitrogen and oxygen atoms in total. The Morgan fingerprint density at radius 1 is 1.00 bits per heavy atom. The van der Waals surface area contributed by atoms with E-state index in [9.17, 15) is 14.0 Å². The number of anilines is 1. The number of carbonyl (C=O) groups is 2. The summed E-state index contributed by atoms with van der Waals surface area (Å²) < 4.78 is 13.2. The maximum absolute atomic E-state index is 13.3. The topological polar surface area (TPSA) is 93.0 Å². The summed E-state index contributed by atoms with van der Waals surface area (Å²) in [6.45, 7) is 3.85. The largest absolute Gasteiger partial charge is 0.350 e. The van der Waals surface area contributed by atoms with Crippen molar-refractivity contribution in [2.24, 2.45) is 0 Å². The number of carbonyl (C=O) groups excluding carboxylic acids is 2. The molecular weight excluding hydrogens is 447 g/mol. The lowest BCUT2D eigenvalue weighted by molar-refractivity contribution is -0.124. The number of tetrazole rings is 1. The van der Waals surface area contributed by atoms with E-state index in [1.807, 2.05) is 62.4 Å². The first-order valence-corrected chi connectivity index (χ1v) is 11.1. The first-order valence-electron chi connectivity index (χ1n) is 11.1. The molecule has 178 valence electrons. The highest BCUT2D eigenvalue weighted by Gasteiger charge is 2.22. The van der Waals surface area contributed by atoms with Gasteiger partial charge in [0, 0.05) is 17.8 Å². The fourth-order valence-electron chi connectivity index (χ4n) is 3.64. The van der Waals surface area contributed by atoms with E-state index in [-0.39, 0.29) is 36.5 Å². The average Bonchev–Trinajstić information content (AvgIpc) is 3.31. The molecule has 0 atom stereocenters. The molecule has 0 bridgehead atoms. The van der Waals surface area contributed by atoms with Crippen molar-refractivity contribution in [2.75, 3.05) is 11.4 Å². The van der Waals surface area contributed by atoms with Crippen molar-refractivity contribution in [2.45, 2.75) is 26.9 Å². The van der Waals surface area contributed by atoms with Gasteiger partial charge in [0.25, 0.3) is 5.91 Å². The summed E-state index contributed by atoms with van der Waals surface area (Å²) in [6, 6.07) is 20.9. The number of rotatable bonds is 8. The van der Waals surface area contributed by atoms with Gasteiger partial charge in [0.05, 0.1) is 0 Å². The fourth-order valence-corrected chi connectivity index (χ4v) is 3.64. The molecular formula is C26H25FN6O2. The van der Waals surface area contributed by atoms with E-state index in [2.05, 4.69) is 20.7 Å². The molecule has 35 heavy (non-hydrogen) atoms. The Labute approximate surface area is 202 Å². The van der Waals surface area contributed by atoms with E-state index < -0.39 is 0 Å². The highest BCUT2D eigenvalue weighted by atomic mass is 19.1. The lowest BCUT2D eigenvalue weighted by atomic mass is 10.1. The number of hydrogen-bond acceptors (Lipinski definition) is 5. The van der Waals surface area contributed by atoms with Crippen LogP contribution in [0.4, 0.5) is 10.1 Å². The fraction of sp³-hybridized carbons (Fsp3) is 0.192. The summed E-state index contributed by atoms with van der Waals surface area (Å²) in [4.78, 5) is 28.7. The Bertz CT molecular complexity index is 1320. The van der Waals surface area contributed by atoms with Gasteiger partial charge < -0.3 is 10.2 Å². The van der Waals surface area contributed by atoms with Crippen LogP contribution in [0, 0.1) is 19.7 Å². The van der Waals surface area contributed by atoms with E-state index in [0.29, 0.717) is 17.8 Å². The van der Waals surface area contributed by atoms with E-state index in [0.717, 1.165) is 16.7 Å². The van der Waals surface area contributed by atoms with E-state index in [1.54, 1.807) is 0 Å². The van der Waals surface area contributed by atoms with Crippen molar-refractivity contribution < 1.29 is 14.0 Å². The van der Waals surface area contributed by atoms with Crippen LogP contribution in [0.5, 0.6) is 0 Å². The van der Waals surface area contributed by atoms with Crippen LogP contribution >= 0.6 is 0 Å². The van der Waals surface area contributed by atoms with Gasteiger partial charge in [-0.1, -0.05) is 48.0 Å². The Hall–Kier alpha value is -4.40. The SMILES string of the molecule is Cc1ccc(N(CC(=O)NCc2ccccc2)C(=O)Cn2nnc(-c3ccc(F)cc3)n2)c(C)c1. The monoisotopic (exact) mass is 472 g/mol. The van der Waals surface area contributed by atoms with E-state index in [4.69, 9.17) is 0 Å². The number of aryl methyl sites for hydroxylation is 2. The van der Waals surface area contributed by atoms with Gasteiger partial charge in [0.2, 0.25) is 11.7 Å². The second kappa shape index (κ2) is 10.7. The molecule has 0 unspecified atom stereocenters. The molecule has 0 radical (unpaired) electrons. The molecule has 0 fully saturated rings. The molecule has 0 aliphatic rings. The maximum Gasteiger partial charge on any atom is 0.251 e. The van der Waals surface area contributed by atoms with Gasteiger partial charge in [0.1, 0.15) is 18.9 Å². The number of halogens is 1. The number of benzene rings is 3. The van der Waals surface area contributed by atoms with Crippen LogP contribution < -0.4 is 10.2 Å². The first kappa shape index (κ1) is 23.7. The Balaban J connectivity index is 1.51. The van der Waals surface area contributed by atoms with Crippen molar-refractivity contribution in [1.82, 2.24) is 25.5 Å². The molecule has 9 heteroatoms. The molecule has 1 N–H and O–H groups in total. The van der Waals surface area contributed by atoms with Gasteiger partial charge in [-0.15, -0.1) is 10.2 Å². The van der Waals surface area contributed by atoms with Gasteiger partial charge in [0.15, 0.2) is 0 Å². The minimum absolute atomic E-state index is 0.158. The van der Waals surface area contributed by atoms with Crippen LogP contribution in [0.1, 0.15) is 16.7 Å². The van der Waals surface area contributed by atoms with Crippen molar-refractivity contribution in [3.8, 4) is 11.4 Å². The van der Waals surface area contributed by atoms with Crippen LogP contribution in [0.3, 0.4) is 0 Å². The number of amides is 2. The smallest absolute Gasteiger partial charge is 0.251 e. The summed E-state index contributed by atoms with van der Waals surface area (Å²) in [7, 11) is 0. The molecule has 4 rings (SSSR count). The van der Waals surface area contributed by atoms with Crippen LogP contribution in [0.25, 0.3) is 11.4 Å². The summed E-state index contributed by atoms with van der Waals surface area (Å²) in [5.41, 5.74) is 4.10. The Kier molecular flexibility index (Phi) is 7.25. The summed E-state index contributed by atoms with van der Waals surface area (Å²) >= 11 is 0. The van der Waals surface area contributed by atoms with Crippen LogP contribution in [0.15, 0.2) is 72.8 Å². The molecule has 3 aromatic carbocycles. The molecule has 0 aliphatic carbocycles. The molecule has 0 saturated heterocycles. The van der Waals surface area contributed by atoms with Crippen LogP contribution in [0.2, 0.25) is 0 Å². The van der Waals surface area contributed by atoms with Gasteiger partial charge in [-0.25, -0.2) is 4.39 Å². The third-order valence-corrected chi connectivity index (χ3v) is 5.41. The third-order valence-electron chi connectivity index (χ3n) is 5.41. The molecule has 0 saturated carbocycles. The Morgan fingerprint density at radius 2 is 1.74 bits per heavy atom. The zero-order valence-corrected chi connectivity index (χ0v) is 19.5. The van der Waals surface area contributed by atoms with Crippen molar-refractivity contribution in [3.63, 3.8) is 0 Å². The normalized spacial score (nSPS) is 10.7. The van der Waals surface area contributed by atoms with Crippen molar-refractivity contribution in [1.29, 1.82) is 0 Å². The van der Waals surface area contributed by atoms with Gasteiger partial charge in [-0.2, -0.15) is 4.80 Å². The lowest BCUT2D eigenvalue weighted by Gasteiger charge is -2.24. The van der Waals surface area contributed by atoms with E-state index >= 15 is 0 Å². The van der Waals surface area contributed by atoms with Crippen LogP contribution in [-0.2, 0) is 22.7 Å². The lowest BCUT2D eigenvalue weighted by Crippen LogP contribution is -2.42. The number of nitrogens with one attached hydrogen (secondary N) is 1. The number of hydrogen-bond donors (Lipinski definition) is 1. The second-order valence-corrected chi connectivity index (χ2v) is 8.18. The quantitative estimate of drug-likeness (QED) is 0.424. The summed E-state index contributed by atoms with van der Waals surface area (Å²) in [6.07, 6.45) is 0. The predicted octanol–water partition coefficient (Wildman–Crippen LogP) is 3.45. The zero-order valence-electron chi connectivity index (χ0n) is 19.5. The first-order chi connectivity index (χ1) is 16.9. The summed E-state index contributed by atoms with van der Waals surface area (Å²) in [5.74, 6) is -0.752. The maximum atomic E-state index is 13.3. The second-order valence-electron chi connectivity index (χ2n) is 8.18. The standard InChI is InChI=1S/C26H25FN6O2/c1-18-8-13-23(19(2)14-18)32(16-24(34)28-15-20-6-4-3-5-7-20)25(35)17-33-30-26(29-31-33)21-9-11-22(27)12-10-21/h3-14H,15-17H2,1-2H3,(H,28,34). The average molecular weight is 473 g/mol. The van der Waals surface area contributed by atoms with Crippen LogP contribution in [-0.4, -0.2) is 38.6 Å². The van der Waals surface area contributed by atoms with Gasteiger partial charge in [-0.3, -0.25) is 9.59 Å². The number of nitrogens with zero attached hydrogens (tertiary/aromatic N) is 5. The minimum Gasteiger partial charge on any atom is -0.350 e.